The highest BCUT2D eigenvalue weighted by molar-refractivity contribution is 5.83. The lowest BCUT2D eigenvalue weighted by atomic mass is 10.1. The van der Waals surface area contributed by atoms with Crippen LogP contribution < -0.4 is 0 Å². The minimum Gasteiger partial charge on any atom is -0.340 e. The quantitative estimate of drug-likeness (QED) is 0.827. The van der Waals surface area contributed by atoms with Crippen LogP contribution in [0, 0.1) is 6.92 Å². The lowest BCUT2D eigenvalue weighted by molar-refractivity contribution is -0.142. The predicted molar refractivity (Wildman–Crippen MR) is 62.8 cm³/mol. The molecule has 1 aromatic rings. The number of aromatic nitrogens is 2. The molecule has 0 aliphatic carbocycles. The molecule has 8 heteroatoms. The number of carbonyl (C=O) groups is 2. The number of likely N-dealkylation sites (tertiary alicyclic amines) is 1. The van der Waals surface area contributed by atoms with Crippen LogP contribution in [-0.4, -0.2) is 39.5 Å². The second-order valence-corrected chi connectivity index (χ2v) is 4.75. The van der Waals surface area contributed by atoms with Crippen molar-refractivity contribution in [3.05, 3.63) is 17.5 Å². The van der Waals surface area contributed by atoms with Crippen molar-refractivity contribution in [3.63, 3.8) is 0 Å². The molecule has 1 fully saturated rings. The third kappa shape index (κ3) is 3.17. The van der Waals surface area contributed by atoms with Gasteiger partial charge in [-0.1, -0.05) is 0 Å². The maximum atomic E-state index is 12.5. The fourth-order valence-corrected chi connectivity index (χ4v) is 2.04. The van der Waals surface area contributed by atoms with Crippen LogP contribution in [0.2, 0.25) is 0 Å². The Morgan fingerprint density at radius 1 is 1.35 bits per heavy atom. The number of ketones is 1. The van der Waals surface area contributed by atoms with Crippen molar-refractivity contribution in [2.75, 3.05) is 13.1 Å². The number of amides is 1. The Balaban J connectivity index is 2.04. The normalized spacial score (nSPS) is 16.6. The maximum absolute atomic E-state index is 12.5. The summed E-state index contributed by atoms with van der Waals surface area (Å²) in [5, 5.41) is 3.41. The summed E-state index contributed by atoms with van der Waals surface area (Å²) in [7, 11) is 0. The molecule has 110 valence electrons. The van der Waals surface area contributed by atoms with Crippen molar-refractivity contribution in [2.24, 2.45) is 0 Å². The number of piperidine rings is 1. The number of alkyl halides is 3. The molecule has 2 rings (SSSR count). The summed E-state index contributed by atoms with van der Waals surface area (Å²) >= 11 is 0. The molecule has 0 N–H and O–H groups in total. The zero-order valence-electron chi connectivity index (χ0n) is 10.9. The van der Waals surface area contributed by atoms with Crippen molar-refractivity contribution in [1.29, 1.82) is 0 Å². The number of halogens is 3. The standard InChI is InChI=1S/C12H14F3N3O2/c1-8-6-10(12(13,14)15)16-18(8)7-11(20)17-4-2-9(19)3-5-17/h6H,2-5,7H2,1H3. The van der Waals surface area contributed by atoms with E-state index in [9.17, 15) is 22.8 Å². The van der Waals surface area contributed by atoms with E-state index in [1.165, 1.54) is 11.8 Å². The molecule has 0 unspecified atom stereocenters. The van der Waals surface area contributed by atoms with E-state index in [1.807, 2.05) is 0 Å². The van der Waals surface area contributed by atoms with Crippen molar-refractivity contribution in [2.45, 2.75) is 32.5 Å². The predicted octanol–water partition coefficient (Wildman–Crippen LogP) is 1.40. The van der Waals surface area contributed by atoms with Crippen LogP contribution >= 0.6 is 0 Å². The van der Waals surface area contributed by atoms with Crippen molar-refractivity contribution < 1.29 is 22.8 Å². The Bertz CT molecular complexity index is 527. The first kappa shape index (κ1) is 14.5. The Morgan fingerprint density at radius 3 is 2.45 bits per heavy atom. The van der Waals surface area contributed by atoms with Gasteiger partial charge in [0, 0.05) is 31.6 Å². The van der Waals surface area contributed by atoms with E-state index in [0.29, 0.717) is 25.9 Å². The van der Waals surface area contributed by atoms with Crippen LogP contribution in [-0.2, 0) is 22.3 Å². The fraction of sp³-hybridized carbons (Fsp3) is 0.583. The maximum Gasteiger partial charge on any atom is 0.435 e. The Morgan fingerprint density at radius 2 is 1.95 bits per heavy atom. The third-order valence-electron chi connectivity index (χ3n) is 3.23. The first-order valence-corrected chi connectivity index (χ1v) is 6.18. The van der Waals surface area contributed by atoms with Crippen LogP contribution in [0.3, 0.4) is 0 Å². The molecule has 5 nitrogen and oxygen atoms in total. The van der Waals surface area contributed by atoms with Gasteiger partial charge in [-0.15, -0.1) is 0 Å². The Kier molecular flexibility index (Phi) is 3.82. The molecule has 1 amide bonds. The monoisotopic (exact) mass is 289 g/mol. The molecule has 1 aromatic heterocycles. The second kappa shape index (κ2) is 5.26. The SMILES string of the molecule is Cc1cc(C(F)(F)F)nn1CC(=O)N1CCC(=O)CC1. The Labute approximate surface area is 113 Å². The number of hydrogen-bond donors (Lipinski definition) is 0. The minimum atomic E-state index is -4.52. The number of hydrogen-bond acceptors (Lipinski definition) is 3. The number of aryl methyl sites for hydroxylation is 1. The molecule has 0 atom stereocenters. The van der Waals surface area contributed by atoms with E-state index in [4.69, 9.17) is 0 Å². The fourth-order valence-electron chi connectivity index (χ4n) is 2.04. The molecule has 1 aliphatic rings. The van der Waals surface area contributed by atoms with Gasteiger partial charge >= 0.3 is 6.18 Å². The van der Waals surface area contributed by atoms with Crippen LogP contribution in [0.25, 0.3) is 0 Å². The molecular formula is C12H14F3N3O2. The number of nitrogens with zero attached hydrogens (tertiary/aromatic N) is 3. The van der Waals surface area contributed by atoms with E-state index in [-0.39, 0.29) is 23.9 Å². The largest absolute Gasteiger partial charge is 0.435 e. The molecule has 1 saturated heterocycles. The highest BCUT2D eigenvalue weighted by Crippen LogP contribution is 2.28. The first-order valence-electron chi connectivity index (χ1n) is 6.18. The number of rotatable bonds is 2. The van der Waals surface area contributed by atoms with E-state index >= 15 is 0 Å². The summed E-state index contributed by atoms with van der Waals surface area (Å²) < 4.78 is 38.6. The zero-order valence-corrected chi connectivity index (χ0v) is 10.9. The third-order valence-corrected chi connectivity index (χ3v) is 3.23. The molecule has 2 heterocycles. The van der Waals surface area contributed by atoms with Crippen molar-refractivity contribution in [3.8, 4) is 0 Å². The van der Waals surface area contributed by atoms with E-state index in [1.54, 1.807) is 0 Å². The molecular weight excluding hydrogens is 275 g/mol. The second-order valence-electron chi connectivity index (χ2n) is 4.75. The van der Waals surface area contributed by atoms with Crippen molar-refractivity contribution >= 4 is 11.7 Å². The average molecular weight is 289 g/mol. The number of carbonyl (C=O) groups excluding carboxylic acids is 2. The molecule has 0 bridgehead atoms. The van der Waals surface area contributed by atoms with Crippen LogP contribution in [0.4, 0.5) is 13.2 Å². The summed E-state index contributed by atoms with van der Waals surface area (Å²) in [6.45, 7) is 1.87. The van der Waals surface area contributed by atoms with Crippen LogP contribution in [0.1, 0.15) is 24.2 Å². The van der Waals surface area contributed by atoms with Gasteiger partial charge in [-0.25, -0.2) is 0 Å². The van der Waals surface area contributed by atoms with Gasteiger partial charge < -0.3 is 4.90 Å². The van der Waals surface area contributed by atoms with Gasteiger partial charge in [0.1, 0.15) is 12.3 Å². The van der Waals surface area contributed by atoms with Gasteiger partial charge in [-0.2, -0.15) is 18.3 Å². The summed E-state index contributed by atoms with van der Waals surface area (Å²) in [4.78, 5) is 24.5. The molecule has 0 saturated carbocycles. The van der Waals surface area contributed by atoms with Crippen LogP contribution in [0.5, 0.6) is 0 Å². The molecule has 0 radical (unpaired) electrons. The smallest absolute Gasteiger partial charge is 0.340 e. The summed E-state index contributed by atoms with van der Waals surface area (Å²) in [5.41, 5.74) is -0.726. The summed E-state index contributed by atoms with van der Waals surface area (Å²) in [6.07, 6.45) is -3.91. The molecule has 0 aromatic carbocycles. The molecule has 0 spiro atoms. The lowest BCUT2D eigenvalue weighted by Crippen LogP contribution is -2.40. The van der Waals surface area contributed by atoms with Gasteiger partial charge in [0.15, 0.2) is 5.69 Å². The van der Waals surface area contributed by atoms with Gasteiger partial charge in [0.25, 0.3) is 0 Å². The summed E-state index contributed by atoms with van der Waals surface area (Å²) in [6, 6.07) is 0.910. The van der Waals surface area contributed by atoms with Gasteiger partial charge in [-0.05, 0) is 13.0 Å². The Hall–Kier alpha value is -1.86. The topological polar surface area (TPSA) is 55.2 Å². The van der Waals surface area contributed by atoms with Gasteiger partial charge in [0.2, 0.25) is 5.91 Å². The van der Waals surface area contributed by atoms with Crippen LogP contribution in [0.15, 0.2) is 6.07 Å². The lowest BCUT2D eigenvalue weighted by Gasteiger charge is -2.26. The highest BCUT2D eigenvalue weighted by Gasteiger charge is 2.34. The van der Waals surface area contributed by atoms with Crippen molar-refractivity contribution in [1.82, 2.24) is 14.7 Å². The molecule has 1 aliphatic heterocycles. The van der Waals surface area contributed by atoms with E-state index in [0.717, 1.165) is 10.7 Å². The first-order chi connectivity index (χ1) is 9.27. The average Bonchev–Trinajstić information content (AvgIpc) is 2.71. The van der Waals surface area contributed by atoms with E-state index in [2.05, 4.69) is 5.10 Å². The highest BCUT2D eigenvalue weighted by atomic mass is 19.4. The van der Waals surface area contributed by atoms with Gasteiger partial charge in [0.05, 0.1) is 0 Å². The van der Waals surface area contributed by atoms with E-state index < -0.39 is 11.9 Å². The van der Waals surface area contributed by atoms with Gasteiger partial charge in [-0.3, -0.25) is 14.3 Å². The molecule has 20 heavy (non-hydrogen) atoms. The minimum absolute atomic E-state index is 0.101. The zero-order chi connectivity index (χ0) is 14.9. The summed E-state index contributed by atoms with van der Waals surface area (Å²) in [5.74, 6) is -0.221. The number of Topliss-reactive ketones (excluding diaryl/α,β-unsaturated/α-hetero) is 1.